The zero-order valence-corrected chi connectivity index (χ0v) is 13.1. The molecule has 0 saturated carbocycles. The number of amides is 1. The van der Waals surface area contributed by atoms with Crippen molar-refractivity contribution in [3.8, 4) is 5.69 Å². The number of nitrogens with zero attached hydrogens (tertiary/aromatic N) is 3. The Kier molecular flexibility index (Phi) is 3.89. The van der Waals surface area contributed by atoms with Crippen LogP contribution in [0.2, 0.25) is 0 Å². The highest BCUT2D eigenvalue weighted by atomic mass is 32.2. The van der Waals surface area contributed by atoms with Crippen molar-refractivity contribution >= 4 is 29.3 Å². The second-order valence-corrected chi connectivity index (χ2v) is 5.80. The molecular weight excluding hydrogens is 302 g/mol. The van der Waals surface area contributed by atoms with Crippen molar-refractivity contribution in [2.24, 2.45) is 0 Å². The summed E-state index contributed by atoms with van der Waals surface area (Å²) < 4.78 is 6.49. The van der Waals surface area contributed by atoms with Gasteiger partial charge in [0.15, 0.2) is 0 Å². The molecule has 2 aromatic rings. The molecule has 1 aliphatic heterocycles. The molecule has 0 aliphatic carbocycles. The first kappa shape index (κ1) is 14.6. The number of ether oxygens (including phenoxy) is 1. The van der Waals surface area contributed by atoms with Crippen LogP contribution in [0.4, 0.5) is 5.69 Å². The van der Waals surface area contributed by atoms with Gasteiger partial charge in [0.1, 0.15) is 17.3 Å². The van der Waals surface area contributed by atoms with Crippen molar-refractivity contribution in [1.82, 2.24) is 9.78 Å². The summed E-state index contributed by atoms with van der Waals surface area (Å²) in [4.78, 5) is 25.2. The monoisotopic (exact) mass is 317 g/mol. The lowest BCUT2D eigenvalue weighted by Crippen LogP contribution is -2.40. The van der Waals surface area contributed by atoms with Crippen LogP contribution >= 0.6 is 11.8 Å². The molecule has 7 heteroatoms. The van der Waals surface area contributed by atoms with E-state index in [-0.39, 0.29) is 18.2 Å². The fourth-order valence-electron chi connectivity index (χ4n) is 2.38. The molecule has 6 nitrogen and oxygen atoms in total. The van der Waals surface area contributed by atoms with Gasteiger partial charge in [0.05, 0.1) is 24.2 Å². The number of benzene rings is 1. The number of carbonyl (C=O) groups is 2. The fraction of sp³-hybridized carbons (Fsp3) is 0.267. The number of hydrogen-bond donors (Lipinski definition) is 0. The molecule has 0 unspecified atom stereocenters. The minimum absolute atomic E-state index is 0.0930. The van der Waals surface area contributed by atoms with Gasteiger partial charge in [-0.15, -0.1) is 0 Å². The van der Waals surface area contributed by atoms with Crippen molar-refractivity contribution in [3.63, 3.8) is 0 Å². The number of esters is 1. The molecule has 0 spiro atoms. The lowest BCUT2D eigenvalue weighted by molar-refractivity contribution is -0.139. The molecule has 1 amide bonds. The average molecular weight is 317 g/mol. The molecule has 0 bridgehead atoms. The highest BCUT2D eigenvalue weighted by Gasteiger charge is 2.32. The number of anilines is 1. The number of fused-ring (bicyclic) bond motifs is 1. The maximum absolute atomic E-state index is 12.2. The van der Waals surface area contributed by atoms with E-state index < -0.39 is 5.97 Å². The smallest absolute Gasteiger partial charge is 0.325 e. The van der Waals surface area contributed by atoms with Gasteiger partial charge in [-0.1, -0.05) is 30.0 Å². The summed E-state index contributed by atoms with van der Waals surface area (Å²) in [5.41, 5.74) is 2.32. The fourth-order valence-corrected chi connectivity index (χ4v) is 3.46. The lowest BCUT2D eigenvalue weighted by Gasteiger charge is -2.26. The van der Waals surface area contributed by atoms with Crippen LogP contribution in [0.1, 0.15) is 5.69 Å². The number of para-hydroxylation sites is 1. The molecular formula is C15H15N3O3S. The van der Waals surface area contributed by atoms with E-state index in [0.717, 1.165) is 10.7 Å². The van der Waals surface area contributed by atoms with Gasteiger partial charge in [-0.3, -0.25) is 14.5 Å². The molecule has 1 aromatic carbocycles. The third-order valence-corrected chi connectivity index (χ3v) is 4.44. The summed E-state index contributed by atoms with van der Waals surface area (Å²) in [6.07, 6.45) is 0. The van der Waals surface area contributed by atoms with Crippen molar-refractivity contribution < 1.29 is 14.3 Å². The van der Waals surface area contributed by atoms with E-state index in [1.165, 1.54) is 23.8 Å². The van der Waals surface area contributed by atoms with Crippen LogP contribution in [0.15, 0.2) is 35.4 Å². The van der Waals surface area contributed by atoms with Gasteiger partial charge in [0, 0.05) is 0 Å². The topological polar surface area (TPSA) is 64.4 Å². The minimum atomic E-state index is -0.446. The van der Waals surface area contributed by atoms with E-state index in [9.17, 15) is 9.59 Å². The molecule has 0 saturated heterocycles. The van der Waals surface area contributed by atoms with E-state index in [2.05, 4.69) is 9.84 Å². The third-order valence-electron chi connectivity index (χ3n) is 3.41. The third kappa shape index (κ3) is 2.48. The molecule has 2 heterocycles. The van der Waals surface area contributed by atoms with Crippen molar-refractivity contribution in [1.29, 1.82) is 0 Å². The van der Waals surface area contributed by atoms with Gasteiger partial charge in [-0.25, -0.2) is 4.68 Å². The Morgan fingerprint density at radius 1 is 1.36 bits per heavy atom. The number of hydrogen-bond acceptors (Lipinski definition) is 5. The van der Waals surface area contributed by atoms with Crippen molar-refractivity contribution in [2.45, 2.75) is 11.9 Å². The van der Waals surface area contributed by atoms with E-state index in [1.807, 2.05) is 41.9 Å². The molecule has 114 valence electrons. The highest BCUT2D eigenvalue weighted by molar-refractivity contribution is 8.00. The van der Waals surface area contributed by atoms with Crippen LogP contribution in [0.25, 0.3) is 5.69 Å². The first-order valence-electron chi connectivity index (χ1n) is 6.77. The van der Waals surface area contributed by atoms with E-state index in [1.54, 1.807) is 0 Å². The summed E-state index contributed by atoms with van der Waals surface area (Å²) in [7, 11) is 1.31. The number of rotatable bonds is 3. The van der Waals surface area contributed by atoms with Crippen molar-refractivity contribution in [2.75, 3.05) is 24.3 Å². The average Bonchev–Trinajstić information content (AvgIpc) is 2.88. The first-order chi connectivity index (χ1) is 10.6. The minimum Gasteiger partial charge on any atom is -0.468 e. The Hall–Kier alpha value is -2.28. The predicted octanol–water partition coefficient (Wildman–Crippen LogP) is 1.79. The Labute approximate surface area is 132 Å². The van der Waals surface area contributed by atoms with E-state index in [0.29, 0.717) is 11.4 Å². The second-order valence-electron chi connectivity index (χ2n) is 4.83. The van der Waals surface area contributed by atoms with Crippen LogP contribution in [0, 0.1) is 6.92 Å². The molecule has 1 aromatic heterocycles. The van der Waals surface area contributed by atoms with Crippen molar-refractivity contribution in [3.05, 3.63) is 36.0 Å². The van der Waals surface area contributed by atoms with Crippen LogP contribution in [-0.4, -0.2) is 41.1 Å². The van der Waals surface area contributed by atoms with E-state index >= 15 is 0 Å². The van der Waals surface area contributed by atoms with Gasteiger partial charge in [-0.2, -0.15) is 5.10 Å². The summed E-state index contributed by atoms with van der Waals surface area (Å²) >= 11 is 1.43. The summed E-state index contributed by atoms with van der Waals surface area (Å²) in [6.45, 7) is 1.74. The normalized spacial score (nSPS) is 13.9. The molecule has 22 heavy (non-hydrogen) atoms. The van der Waals surface area contributed by atoms with Gasteiger partial charge in [-0.05, 0) is 19.1 Å². The Morgan fingerprint density at radius 2 is 2.09 bits per heavy atom. The van der Waals surface area contributed by atoms with Gasteiger partial charge in [0.25, 0.3) is 0 Å². The van der Waals surface area contributed by atoms with Crippen LogP contribution in [0.5, 0.6) is 0 Å². The number of aromatic nitrogens is 2. The summed E-state index contributed by atoms with van der Waals surface area (Å²) in [5, 5.41) is 5.40. The van der Waals surface area contributed by atoms with Gasteiger partial charge in [0.2, 0.25) is 5.91 Å². The summed E-state index contributed by atoms with van der Waals surface area (Å²) in [5.74, 6) is -0.279. The zero-order chi connectivity index (χ0) is 15.7. The van der Waals surface area contributed by atoms with Gasteiger partial charge < -0.3 is 4.74 Å². The number of thioether (sulfide) groups is 1. The number of aryl methyl sites for hydroxylation is 1. The Balaban J connectivity index is 2.07. The molecule has 0 N–H and O–H groups in total. The van der Waals surface area contributed by atoms with E-state index in [4.69, 9.17) is 0 Å². The standard InChI is InChI=1S/C15H15N3O3S/c1-10-14-15(18(16-10)11-6-4-3-5-7-11)22-9-12(19)17(14)8-13(20)21-2/h3-7H,8-9H2,1-2H3. The molecule has 0 radical (unpaired) electrons. The number of carbonyl (C=O) groups excluding carboxylic acids is 2. The quantitative estimate of drug-likeness (QED) is 0.808. The summed E-state index contributed by atoms with van der Waals surface area (Å²) in [6, 6.07) is 9.71. The molecule has 0 atom stereocenters. The lowest BCUT2D eigenvalue weighted by atomic mass is 10.3. The molecule has 0 fully saturated rings. The Bertz CT molecular complexity index is 727. The maximum Gasteiger partial charge on any atom is 0.325 e. The maximum atomic E-state index is 12.2. The largest absolute Gasteiger partial charge is 0.468 e. The molecule has 1 aliphatic rings. The zero-order valence-electron chi connectivity index (χ0n) is 12.3. The predicted molar refractivity (Wildman–Crippen MR) is 83.4 cm³/mol. The SMILES string of the molecule is COC(=O)CN1C(=O)CSc2c1c(C)nn2-c1ccccc1. The second kappa shape index (κ2) is 5.84. The highest BCUT2D eigenvalue weighted by Crippen LogP contribution is 2.39. The van der Waals surface area contributed by atoms with Crippen LogP contribution in [-0.2, 0) is 14.3 Å². The molecule has 3 rings (SSSR count). The number of methoxy groups -OCH3 is 1. The Morgan fingerprint density at radius 3 is 2.77 bits per heavy atom. The van der Waals surface area contributed by atoms with Crippen LogP contribution in [0.3, 0.4) is 0 Å². The van der Waals surface area contributed by atoms with Gasteiger partial charge >= 0.3 is 5.97 Å². The first-order valence-corrected chi connectivity index (χ1v) is 7.75. The van der Waals surface area contributed by atoms with Crippen LogP contribution < -0.4 is 4.90 Å².